The number of hydrogen-bond donors (Lipinski definition) is 1. The monoisotopic (exact) mass is 241 g/mol. The van der Waals surface area contributed by atoms with Crippen LogP contribution in [-0.4, -0.2) is 20.2 Å². The summed E-state index contributed by atoms with van der Waals surface area (Å²) in [6, 6.07) is 12.8. The minimum Gasteiger partial charge on any atom is -0.496 e. The maximum absolute atomic E-state index is 5.39. The zero-order valence-electron chi connectivity index (χ0n) is 11.1. The summed E-state index contributed by atoms with van der Waals surface area (Å²) in [5.41, 5.74) is 1.22. The van der Waals surface area contributed by atoms with E-state index in [4.69, 9.17) is 4.74 Å². The van der Waals surface area contributed by atoms with Crippen LogP contribution in [0.4, 0.5) is 0 Å². The van der Waals surface area contributed by atoms with Crippen LogP contribution in [0.15, 0.2) is 42.5 Å². The van der Waals surface area contributed by atoms with Gasteiger partial charge in [-0.15, -0.1) is 0 Å². The molecular formula is C16H19NO. The first-order valence-corrected chi connectivity index (χ1v) is 6.17. The molecule has 0 saturated heterocycles. The number of rotatable bonds is 4. The minimum absolute atomic E-state index is 0.367. The highest BCUT2D eigenvalue weighted by Crippen LogP contribution is 2.28. The molecule has 2 aromatic rings. The third-order valence-electron chi connectivity index (χ3n) is 3.16. The molecular weight excluding hydrogens is 222 g/mol. The maximum atomic E-state index is 5.39. The lowest BCUT2D eigenvalue weighted by Crippen LogP contribution is -2.17. The highest BCUT2D eigenvalue weighted by molar-refractivity contribution is 5.94. The predicted octanol–water partition coefficient (Wildman–Crippen LogP) is 3.47. The summed E-state index contributed by atoms with van der Waals surface area (Å²) in [6.45, 7) is 2.13. The fraction of sp³-hybridized carbons (Fsp3) is 0.250. The van der Waals surface area contributed by atoms with Gasteiger partial charge in [0.05, 0.1) is 7.11 Å². The SMILES string of the molecule is CNC(C)/C=C/c1ccc(OC)c2ccccc12. The van der Waals surface area contributed by atoms with Crippen molar-refractivity contribution in [3.05, 3.63) is 48.0 Å². The van der Waals surface area contributed by atoms with E-state index in [1.807, 2.05) is 19.2 Å². The van der Waals surface area contributed by atoms with Gasteiger partial charge in [0.25, 0.3) is 0 Å². The molecule has 0 fully saturated rings. The van der Waals surface area contributed by atoms with Crippen LogP contribution in [0.1, 0.15) is 12.5 Å². The van der Waals surface area contributed by atoms with Gasteiger partial charge in [-0.1, -0.05) is 42.5 Å². The van der Waals surface area contributed by atoms with E-state index >= 15 is 0 Å². The molecule has 2 rings (SSSR count). The third-order valence-corrected chi connectivity index (χ3v) is 3.16. The molecule has 0 heterocycles. The molecule has 2 nitrogen and oxygen atoms in total. The molecule has 0 spiro atoms. The average molecular weight is 241 g/mol. The van der Waals surface area contributed by atoms with Crippen molar-refractivity contribution in [1.29, 1.82) is 0 Å². The highest BCUT2D eigenvalue weighted by Gasteiger charge is 2.03. The number of benzene rings is 2. The number of hydrogen-bond acceptors (Lipinski definition) is 2. The molecule has 0 saturated carbocycles. The predicted molar refractivity (Wildman–Crippen MR) is 78.1 cm³/mol. The van der Waals surface area contributed by atoms with Crippen molar-refractivity contribution in [3.63, 3.8) is 0 Å². The lowest BCUT2D eigenvalue weighted by atomic mass is 10.0. The van der Waals surface area contributed by atoms with E-state index in [0.29, 0.717) is 6.04 Å². The van der Waals surface area contributed by atoms with E-state index < -0.39 is 0 Å². The van der Waals surface area contributed by atoms with Gasteiger partial charge in [-0.05, 0) is 31.0 Å². The standard InChI is InChI=1S/C16H19NO/c1-12(17-2)8-9-13-10-11-16(18-3)15-7-5-4-6-14(13)15/h4-12,17H,1-3H3/b9-8+. The van der Waals surface area contributed by atoms with Crippen molar-refractivity contribution in [2.24, 2.45) is 0 Å². The molecule has 1 unspecified atom stereocenters. The van der Waals surface area contributed by atoms with Gasteiger partial charge in [0, 0.05) is 11.4 Å². The van der Waals surface area contributed by atoms with E-state index in [1.54, 1.807) is 7.11 Å². The quantitative estimate of drug-likeness (QED) is 0.885. The molecule has 0 radical (unpaired) electrons. The Labute approximate surface area is 108 Å². The van der Waals surface area contributed by atoms with Crippen LogP contribution in [0, 0.1) is 0 Å². The van der Waals surface area contributed by atoms with E-state index in [9.17, 15) is 0 Å². The van der Waals surface area contributed by atoms with Crippen LogP contribution >= 0.6 is 0 Å². The number of ether oxygens (including phenoxy) is 1. The Hall–Kier alpha value is -1.80. The smallest absolute Gasteiger partial charge is 0.126 e. The van der Waals surface area contributed by atoms with E-state index in [1.165, 1.54) is 10.9 Å². The number of methoxy groups -OCH3 is 1. The highest BCUT2D eigenvalue weighted by atomic mass is 16.5. The Morgan fingerprint density at radius 3 is 2.50 bits per heavy atom. The summed E-state index contributed by atoms with van der Waals surface area (Å²) < 4.78 is 5.39. The summed E-state index contributed by atoms with van der Waals surface area (Å²) in [6.07, 6.45) is 4.32. The first-order valence-electron chi connectivity index (χ1n) is 6.17. The minimum atomic E-state index is 0.367. The van der Waals surface area contributed by atoms with Crippen molar-refractivity contribution in [2.45, 2.75) is 13.0 Å². The molecule has 0 aliphatic rings. The van der Waals surface area contributed by atoms with Crippen LogP contribution < -0.4 is 10.1 Å². The Morgan fingerprint density at radius 1 is 1.11 bits per heavy atom. The van der Waals surface area contributed by atoms with Crippen molar-refractivity contribution >= 4 is 16.8 Å². The molecule has 0 aromatic heterocycles. The number of fused-ring (bicyclic) bond motifs is 1. The lowest BCUT2D eigenvalue weighted by Gasteiger charge is -2.08. The molecule has 0 aliphatic heterocycles. The summed E-state index contributed by atoms with van der Waals surface area (Å²) in [5.74, 6) is 0.921. The van der Waals surface area contributed by atoms with E-state index in [-0.39, 0.29) is 0 Å². The molecule has 0 aliphatic carbocycles. The van der Waals surface area contributed by atoms with Gasteiger partial charge in [0.15, 0.2) is 0 Å². The molecule has 0 amide bonds. The van der Waals surface area contributed by atoms with Gasteiger partial charge >= 0.3 is 0 Å². The lowest BCUT2D eigenvalue weighted by molar-refractivity contribution is 0.420. The topological polar surface area (TPSA) is 21.3 Å². The van der Waals surface area contributed by atoms with Gasteiger partial charge in [0.1, 0.15) is 5.75 Å². The molecule has 2 heteroatoms. The van der Waals surface area contributed by atoms with E-state index in [2.05, 4.69) is 48.7 Å². The first-order chi connectivity index (χ1) is 8.76. The summed E-state index contributed by atoms with van der Waals surface area (Å²) in [7, 11) is 3.67. The largest absolute Gasteiger partial charge is 0.496 e. The van der Waals surface area contributed by atoms with Gasteiger partial charge in [-0.25, -0.2) is 0 Å². The maximum Gasteiger partial charge on any atom is 0.126 e. The van der Waals surface area contributed by atoms with E-state index in [0.717, 1.165) is 11.1 Å². The van der Waals surface area contributed by atoms with Gasteiger partial charge < -0.3 is 10.1 Å². The Kier molecular flexibility index (Phi) is 4.00. The second-order valence-corrected chi connectivity index (χ2v) is 4.34. The van der Waals surface area contributed by atoms with Gasteiger partial charge in [-0.2, -0.15) is 0 Å². The van der Waals surface area contributed by atoms with Gasteiger partial charge in [-0.3, -0.25) is 0 Å². The zero-order chi connectivity index (χ0) is 13.0. The van der Waals surface area contributed by atoms with Crippen molar-refractivity contribution < 1.29 is 4.74 Å². The normalized spacial score (nSPS) is 13.1. The fourth-order valence-corrected chi connectivity index (χ4v) is 1.96. The second-order valence-electron chi connectivity index (χ2n) is 4.34. The molecule has 18 heavy (non-hydrogen) atoms. The number of nitrogens with one attached hydrogen (secondary N) is 1. The van der Waals surface area contributed by atoms with Crippen LogP contribution in [0.2, 0.25) is 0 Å². The van der Waals surface area contributed by atoms with Crippen LogP contribution in [-0.2, 0) is 0 Å². The first kappa shape index (κ1) is 12.7. The fourth-order valence-electron chi connectivity index (χ4n) is 1.96. The Bertz CT molecular complexity index is 560. The number of likely N-dealkylation sites (N-methyl/N-ethyl adjacent to an activating group) is 1. The Morgan fingerprint density at radius 2 is 1.83 bits per heavy atom. The van der Waals surface area contributed by atoms with Gasteiger partial charge in [0.2, 0.25) is 0 Å². The molecule has 1 atom stereocenters. The van der Waals surface area contributed by atoms with Crippen molar-refractivity contribution in [3.8, 4) is 5.75 Å². The van der Waals surface area contributed by atoms with Crippen LogP contribution in [0.5, 0.6) is 5.75 Å². The molecule has 94 valence electrons. The Balaban J connectivity index is 2.49. The second kappa shape index (κ2) is 5.69. The molecule has 2 aromatic carbocycles. The van der Waals surface area contributed by atoms with Crippen molar-refractivity contribution in [1.82, 2.24) is 5.32 Å². The van der Waals surface area contributed by atoms with Crippen LogP contribution in [0.25, 0.3) is 16.8 Å². The molecule has 0 bridgehead atoms. The molecule has 1 N–H and O–H groups in total. The van der Waals surface area contributed by atoms with Crippen LogP contribution in [0.3, 0.4) is 0 Å². The zero-order valence-corrected chi connectivity index (χ0v) is 11.1. The summed E-state index contributed by atoms with van der Waals surface area (Å²) >= 11 is 0. The average Bonchev–Trinajstić information content (AvgIpc) is 2.44. The summed E-state index contributed by atoms with van der Waals surface area (Å²) in [4.78, 5) is 0. The van der Waals surface area contributed by atoms with Crippen molar-refractivity contribution in [2.75, 3.05) is 14.2 Å². The third kappa shape index (κ3) is 2.54. The summed E-state index contributed by atoms with van der Waals surface area (Å²) in [5, 5.41) is 5.57.